The van der Waals surface area contributed by atoms with Crippen molar-refractivity contribution in [2.75, 3.05) is 33.3 Å². The Kier molecular flexibility index (Phi) is 6.03. The van der Waals surface area contributed by atoms with Crippen LogP contribution in [-0.2, 0) is 0 Å². The molecule has 4 nitrogen and oxygen atoms in total. The molecule has 0 amide bonds. The van der Waals surface area contributed by atoms with Crippen LogP contribution >= 0.6 is 0 Å². The number of aliphatic hydroxyl groups excluding tert-OH is 1. The first-order valence-corrected chi connectivity index (χ1v) is 7.93. The van der Waals surface area contributed by atoms with E-state index in [0.717, 1.165) is 42.6 Å². The van der Waals surface area contributed by atoms with E-state index in [0.29, 0.717) is 6.54 Å². The summed E-state index contributed by atoms with van der Waals surface area (Å²) in [7, 11) is 1.64. The summed E-state index contributed by atoms with van der Waals surface area (Å²) < 4.78 is 5.33. The number of benzene rings is 1. The normalized spacial score (nSPS) is 16.2. The summed E-state index contributed by atoms with van der Waals surface area (Å²) in [5.74, 6) is 0.753. The van der Waals surface area contributed by atoms with Crippen LogP contribution in [-0.4, -0.2) is 49.3 Å². The Morgan fingerprint density at radius 3 is 2.81 bits per heavy atom. The van der Waals surface area contributed by atoms with Gasteiger partial charge < -0.3 is 15.2 Å². The zero-order valence-electron chi connectivity index (χ0n) is 13.4. The maximum Gasteiger partial charge on any atom is 0.124 e. The molecular weight excluding hydrogens is 264 g/mol. The third kappa shape index (κ3) is 4.70. The van der Waals surface area contributed by atoms with E-state index >= 15 is 0 Å². The average Bonchev–Trinajstić information content (AvgIpc) is 3.31. The second-order valence-electron chi connectivity index (χ2n) is 5.83. The van der Waals surface area contributed by atoms with Crippen LogP contribution in [0.2, 0.25) is 0 Å². The van der Waals surface area contributed by atoms with Gasteiger partial charge in [-0.1, -0.05) is 18.6 Å². The third-order valence-corrected chi connectivity index (χ3v) is 4.13. The Morgan fingerprint density at radius 2 is 2.19 bits per heavy atom. The van der Waals surface area contributed by atoms with Crippen molar-refractivity contribution in [1.82, 2.24) is 10.2 Å². The molecule has 0 spiro atoms. The summed E-state index contributed by atoms with van der Waals surface area (Å²) in [4.78, 5) is 2.51. The zero-order valence-corrected chi connectivity index (χ0v) is 13.4. The predicted molar refractivity (Wildman–Crippen MR) is 85.8 cm³/mol. The number of methoxy groups -OCH3 is 1. The first-order chi connectivity index (χ1) is 10.2. The highest BCUT2D eigenvalue weighted by molar-refractivity contribution is 5.38. The van der Waals surface area contributed by atoms with Gasteiger partial charge in [0.15, 0.2) is 0 Å². The minimum absolute atomic E-state index is 0.532. The molecule has 1 aliphatic rings. The molecule has 21 heavy (non-hydrogen) atoms. The molecule has 0 aromatic heterocycles. The summed E-state index contributed by atoms with van der Waals surface area (Å²) in [5.41, 5.74) is 2.00. The van der Waals surface area contributed by atoms with Gasteiger partial charge in [0.1, 0.15) is 5.75 Å². The number of nitrogens with one attached hydrogen (secondary N) is 1. The van der Waals surface area contributed by atoms with Crippen molar-refractivity contribution in [2.24, 2.45) is 0 Å². The smallest absolute Gasteiger partial charge is 0.124 e. The summed E-state index contributed by atoms with van der Waals surface area (Å²) in [6.45, 7) is 7.87. The van der Waals surface area contributed by atoms with Gasteiger partial charge in [0.05, 0.1) is 13.2 Å². The maximum absolute atomic E-state index is 10.3. The summed E-state index contributed by atoms with van der Waals surface area (Å²) >= 11 is 0. The van der Waals surface area contributed by atoms with E-state index in [2.05, 4.69) is 17.1 Å². The molecule has 2 rings (SSSR count). The van der Waals surface area contributed by atoms with Crippen LogP contribution in [0.15, 0.2) is 18.2 Å². The summed E-state index contributed by atoms with van der Waals surface area (Å²) in [6, 6.07) is 6.71. The second-order valence-corrected chi connectivity index (χ2v) is 5.83. The van der Waals surface area contributed by atoms with Gasteiger partial charge in [-0.05, 0) is 38.4 Å². The topological polar surface area (TPSA) is 44.7 Å². The Morgan fingerprint density at radius 1 is 1.43 bits per heavy atom. The summed E-state index contributed by atoms with van der Waals surface area (Å²) in [6.07, 6.45) is 2.16. The lowest BCUT2D eigenvalue weighted by Crippen LogP contribution is -2.35. The quantitative estimate of drug-likeness (QED) is 0.684. The number of aryl methyl sites for hydroxylation is 1. The van der Waals surface area contributed by atoms with Crippen LogP contribution in [0.1, 0.15) is 37.0 Å². The van der Waals surface area contributed by atoms with Crippen LogP contribution < -0.4 is 10.1 Å². The van der Waals surface area contributed by atoms with Crippen LogP contribution in [0.4, 0.5) is 0 Å². The van der Waals surface area contributed by atoms with Crippen molar-refractivity contribution in [1.29, 1.82) is 0 Å². The van der Waals surface area contributed by atoms with Gasteiger partial charge in [-0.2, -0.15) is 0 Å². The van der Waals surface area contributed by atoms with E-state index in [1.165, 1.54) is 12.8 Å². The van der Waals surface area contributed by atoms with Crippen molar-refractivity contribution >= 4 is 0 Å². The van der Waals surface area contributed by atoms with E-state index in [1.54, 1.807) is 7.11 Å². The van der Waals surface area contributed by atoms with Gasteiger partial charge in [0, 0.05) is 31.2 Å². The second kappa shape index (κ2) is 7.78. The Hall–Kier alpha value is -1.10. The van der Waals surface area contributed by atoms with Crippen LogP contribution in [0.3, 0.4) is 0 Å². The average molecular weight is 292 g/mol. The lowest BCUT2D eigenvalue weighted by molar-refractivity contribution is 0.167. The van der Waals surface area contributed by atoms with E-state index in [4.69, 9.17) is 4.74 Å². The molecule has 2 N–H and O–H groups in total. The van der Waals surface area contributed by atoms with Gasteiger partial charge >= 0.3 is 0 Å². The molecule has 0 heterocycles. The minimum atomic E-state index is -0.532. The van der Waals surface area contributed by atoms with E-state index in [-0.39, 0.29) is 0 Å². The summed E-state index contributed by atoms with van der Waals surface area (Å²) in [5, 5.41) is 13.7. The fourth-order valence-corrected chi connectivity index (χ4v) is 2.72. The number of hydrogen-bond acceptors (Lipinski definition) is 4. The molecule has 1 fully saturated rings. The maximum atomic E-state index is 10.3. The molecule has 118 valence electrons. The molecule has 0 aliphatic heterocycles. The number of ether oxygens (including phenoxy) is 1. The SMILES string of the molecule is CCN(CCNCC(O)c1cc(C)ccc1OC)C1CC1. The van der Waals surface area contributed by atoms with Gasteiger partial charge in [-0.15, -0.1) is 0 Å². The number of rotatable bonds is 9. The van der Waals surface area contributed by atoms with E-state index < -0.39 is 6.10 Å². The van der Waals surface area contributed by atoms with Crippen molar-refractivity contribution in [3.63, 3.8) is 0 Å². The lowest BCUT2D eigenvalue weighted by atomic mass is 10.1. The Labute approximate surface area is 128 Å². The molecule has 1 atom stereocenters. The van der Waals surface area contributed by atoms with Gasteiger partial charge in [-0.25, -0.2) is 0 Å². The number of nitrogens with zero attached hydrogens (tertiary/aromatic N) is 1. The molecule has 1 aliphatic carbocycles. The fraction of sp³-hybridized carbons (Fsp3) is 0.647. The Bertz CT molecular complexity index is 446. The molecule has 0 bridgehead atoms. The highest BCUT2D eigenvalue weighted by atomic mass is 16.5. The molecular formula is C17H28N2O2. The standard InChI is InChI=1S/C17H28N2O2/c1-4-19(14-6-7-14)10-9-18-12-16(20)15-11-13(2)5-8-17(15)21-3/h5,8,11,14,16,18,20H,4,6-7,9-10,12H2,1-3H3. The van der Waals surface area contributed by atoms with Crippen molar-refractivity contribution in [3.05, 3.63) is 29.3 Å². The number of hydrogen-bond donors (Lipinski definition) is 2. The van der Waals surface area contributed by atoms with Gasteiger partial charge in [0.25, 0.3) is 0 Å². The number of likely N-dealkylation sites (N-methyl/N-ethyl adjacent to an activating group) is 1. The lowest BCUT2D eigenvalue weighted by Gasteiger charge is -2.21. The first kappa shape index (κ1) is 16.3. The van der Waals surface area contributed by atoms with Crippen LogP contribution in [0.5, 0.6) is 5.75 Å². The number of aliphatic hydroxyl groups is 1. The fourth-order valence-electron chi connectivity index (χ4n) is 2.72. The third-order valence-electron chi connectivity index (χ3n) is 4.13. The van der Waals surface area contributed by atoms with Gasteiger partial charge in [0.2, 0.25) is 0 Å². The monoisotopic (exact) mass is 292 g/mol. The molecule has 1 aromatic rings. The highest BCUT2D eigenvalue weighted by Crippen LogP contribution is 2.27. The highest BCUT2D eigenvalue weighted by Gasteiger charge is 2.27. The van der Waals surface area contributed by atoms with Crippen molar-refractivity contribution < 1.29 is 9.84 Å². The van der Waals surface area contributed by atoms with E-state index in [1.807, 2.05) is 25.1 Å². The molecule has 1 aromatic carbocycles. The molecule has 1 saturated carbocycles. The first-order valence-electron chi connectivity index (χ1n) is 7.93. The Balaban J connectivity index is 1.78. The zero-order chi connectivity index (χ0) is 15.2. The van der Waals surface area contributed by atoms with Crippen molar-refractivity contribution in [3.8, 4) is 5.75 Å². The van der Waals surface area contributed by atoms with Crippen molar-refractivity contribution in [2.45, 2.75) is 38.8 Å². The van der Waals surface area contributed by atoms with Gasteiger partial charge in [-0.3, -0.25) is 4.90 Å². The molecule has 1 unspecified atom stereocenters. The molecule has 0 saturated heterocycles. The van der Waals surface area contributed by atoms with E-state index in [9.17, 15) is 5.11 Å². The molecule has 0 radical (unpaired) electrons. The predicted octanol–water partition coefficient (Wildman–Crippen LogP) is 2.11. The molecule has 4 heteroatoms. The largest absolute Gasteiger partial charge is 0.496 e. The minimum Gasteiger partial charge on any atom is -0.496 e. The van der Waals surface area contributed by atoms with Crippen LogP contribution in [0.25, 0.3) is 0 Å². The van der Waals surface area contributed by atoms with Crippen LogP contribution in [0, 0.1) is 6.92 Å².